The fraction of sp³-hybridized carbons (Fsp3) is 0.222. The van der Waals surface area contributed by atoms with E-state index in [-0.39, 0.29) is 38.9 Å². The Bertz CT molecular complexity index is 683. The highest BCUT2D eigenvalue weighted by Crippen LogP contribution is 2.26. The molecule has 3 radical (unpaired) electrons. The minimum atomic E-state index is -0.0479. The van der Waals surface area contributed by atoms with E-state index < -0.39 is 0 Å². The second kappa shape index (κ2) is 10.9. The lowest BCUT2D eigenvalue weighted by atomic mass is 10.1. The van der Waals surface area contributed by atoms with Gasteiger partial charge in [-0.1, -0.05) is 19.6 Å². The van der Waals surface area contributed by atoms with Crippen LogP contribution in [0.5, 0.6) is 17.2 Å². The number of rotatable bonds is 3. The first-order valence-corrected chi connectivity index (χ1v) is 6.53. The van der Waals surface area contributed by atoms with Crippen LogP contribution in [0.25, 0.3) is 0 Å². The maximum absolute atomic E-state index is 10.9. The Morgan fingerprint density at radius 2 is 1.46 bits per heavy atom. The SMILES string of the molecule is C.CC(=O)c1cccc(O)c1.COc1cc(C(C)=O)ccc1O.[B]. The standard InChI is InChI=1S/C9H10O3.C8H8O2.CH4.B/c1-6(10)7-3-4-8(11)9(5-7)12-2;1-6(9)7-3-2-4-8(10)5-7;;/h3-5,11H,1-2H3;2-5,10H,1H3;1H4;. The summed E-state index contributed by atoms with van der Waals surface area (Å²) in [6, 6.07) is 10.8. The van der Waals surface area contributed by atoms with E-state index in [1.54, 1.807) is 18.2 Å². The molecule has 2 aromatic rings. The van der Waals surface area contributed by atoms with Gasteiger partial charge in [-0.05, 0) is 44.2 Å². The summed E-state index contributed by atoms with van der Waals surface area (Å²) >= 11 is 0. The zero-order valence-corrected chi connectivity index (χ0v) is 13.2. The van der Waals surface area contributed by atoms with Crippen LogP contribution in [0.4, 0.5) is 0 Å². The Kier molecular flexibility index (Phi) is 10.7. The van der Waals surface area contributed by atoms with E-state index in [9.17, 15) is 14.7 Å². The molecular formula is C18H22BO5. The smallest absolute Gasteiger partial charge is 0.161 e. The number of ketones is 2. The van der Waals surface area contributed by atoms with Crippen molar-refractivity contribution in [3.05, 3.63) is 53.6 Å². The number of aromatic hydroxyl groups is 2. The molecule has 0 atom stereocenters. The second-order valence-electron chi connectivity index (χ2n) is 4.55. The van der Waals surface area contributed by atoms with Gasteiger partial charge in [-0.3, -0.25) is 9.59 Å². The van der Waals surface area contributed by atoms with Crippen molar-refractivity contribution in [2.24, 2.45) is 0 Å². The van der Waals surface area contributed by atoms with Crippen molar-refractivity contribution >= 4 is 20.0 Å². The summed E-state index contributed by atoms with van der Waals surface area (Å²) in [4.78, 5) is 21.6. The normalized spacial score (nSPS) is 8.62. The summed E-state index contributed by atoms with van der Waals surface area (Å²) in [7, 11) is 1.44. The zero-order valence-electron chi connectivity index (χ0n) is 13.2. The highest BCUT2D eigenvalue weighted by molar-refractivity contribution is 5.95. The van der Waals surface area contributed by atoms with Gasteiger partial charge in [0.1, 0.15) is 5.75 Å². The highest BCUT2D eigenvalue weighted by Gasteiger charge is 2.04. The molecule has 0 bridgehead atoms. The van der Waals surface area contributed by atoms with Gasteiger partial charge in [-0.2, -0.15) is 0 Å². The highest BCUT2D eigenvalue weighted by atomic mass is 16.5. The van der Waals surface area contributed by atoms with Gasteiger partial charge in [0.15, 0.2) is 23.1 Å². The number of hydrogen-bond acceptors (Lipinski definition) is 5. The number of methoxy groups -OCH3 is 1. The maximum atomic E-state index is 10.9. The molecule has 2 rings (SSSR count). The number of phenols is 2. The predicted molar refractivity (Wildman–Crippen MR) is 95.3 cm³/mol. The Morgan fingerprint density at radius 1 is 0.917 bits per heavy atom. The summed E-state index contributed by atoms with van der Waals surface area (Å²) in [5.74, 6) is 0.419. The topological polar surface area (TPSA) is 83.8 Å². The molecule has 0 aliphatic heterocycles. The van der Waals surface area contributed by atoms with Gasteiger partial charge in [0.25, 0.3) is 0 Å². The molecule has 0 heterocycles. The zero-order chi connectivity index (χ0) is 16.7. The van der Waals surface area contributed by atoms with Crippen LogP contribution in [0.15, 0.2) is 42.5 Å². The second-order valence-corrected chi connectivity index (χ2v) is 4.55. The van der Waals surface area contributed by atoms with Crippen molar-refractivity contribution in [3.8, 4) is 17.2 Å². The van der Waals surface area contributed by atoms with E-state index in [0.29, 0.717) is 16.9 Å². The molecule has 0 aromatic heterocycles. The van der Waals surface area contributed by atoms with Gasteiger partial charge in [0.2, 0.25) is 0 Å². The van der Waals surface area contributed by atoms with E-state index in [1.807, 2.05) is 0 Å². The van der Waals surface area contributed by atoms with Crippen molar-refractivity contribution in [1.29, 1.82) is 0 Å². The van der Waals surface area contributed by atoms with E-state index in [0.717, 1.165) is 0 Å². The monoisotopic (exact) mass is 329 g/mol. The Labute approximate surface area is 144 Å². The molecule has 5 nitrogen and oxygen atoms in total. The van der Waals surface area contributed by atoms with Crippen LogP contribution in [-0.2, 0) is 0 Å². The van der Waals surface area contributed by atoms with Gasteiger partial charge in [-0.25, -0.2) is 0 Å². The first-order valence-electron chi connectivity index (χ1n) is 6.53. The average Bonchev–Trinajstić information content (AvgIpc) is 2.48. The van der Waals surface area contributed by atoms with Gasteiger partial charge >= 0.3 is 0 Å². The summed E-state index contributed by atoms with van der Waals surface area (Å²) in [6.07, 6.45) is 0. The maximum Gasteiger partial charge on any atom is 0.161 e. The average molecular weight is 329 g/mol. The lowest BCUT2D eigenvalue weighted by molar-refractivity contribution is 0.100. The molecule has 0 spiro atoms. The molecular weight excluding hydrogens is 307 g/mol. The molecule has 2 aromatic carbocycles. The first kappa shape index (κ1) is 23.5. The quantitative estimate of drug-likeness (QED) is 0.665. The van der Waals surface area contributed by atoms with E-state index in [4.69, 9.17) is 9.84 Å². The molecule has 0 saturated heterocycles. The van der Waals surface area contributed by atoms with E-state index >= 15 is 0 Å². The number of carbonyl (C=O) groups excluding carboxylic acids is 2. The fourth-order valence-electron chi connectivity index (χ4n) is 1.62. The summed E-state index contributed by atoms with van der Waals surface area (Å²) in [6.45, 7) is 2.93. The third kappa shape index (κ3) is 7.00. The van der Waals surface area contributed by atoms with Gasteiger partial charge in [0, 0.05) is 19.5 Å². The number of benzene rings is 2. The van der Waals surface area contributed by atoms with E-state index in [2.05, 4.69) is 0 Å². The molecule has 0 saturated carbocycles. The molecule has 0 aliphatic carbocycles. The predicted octanol–water partition coefficient (Wildman–Crippen LogP) is 3.45. The Morgan fingerprint density at radius 3 is 1.88 bits per heavy atom. The molecule has 6 heteroatoms. The summed E-state index contributed by atoms with van der Waals surface area (Å²) in [5.41, 5.74) is 1.07. The van der Waals surface area contributed by atoms with Gasteiger partial charge in [-0.15, -0.1) is 0 Å². The summed E-state index contributed by atoms with van der Waals surface area (Å²) in [5, 5.41) is 18.1. The molecule has 127 valence electrons. The molecule has 24 heavy (non-hydrogen) atoms. The molecule has 2 N–H and O–H groups in total. The lowest BCUT2D eigenvalue weighted by Gasteiger charge is -2.03. The van der Waals surface area contributed by atoms with Gasteiger partial charge < -0.3 is 14.9 Å². The van der Waals surface area contributed by atoms with Crippen LogP contribution < -0.4 is 4.74 Å². The summed E-state index contributed by atoms with van der Waals surface area (Å²) < 4.78 is 4.83. The Hall–Kier alpha value is -2.76. The van der Waals surface area contributed by atoms with Crippen LogP contribution in [0.3, 0.4) is 0 Å². The Balaban J connectivity index is 0. The molecule has 0 fully saturated rings. The first-order chi connectivity index (χ1) is 10.3. The van der Waals surface area contributed by atoms with Crippen LogP contribution >= 0.6 is 0 Å². The fourth-order valence-corrected chi connectivity index (χ4v) is 1.62. The minimum Gasteiger partial charge on any atom is -0.508 e. The number of Topliss-reactive ketones (excluding diaryl/α,β-unsaturated/α-hetero) is 2. The largest absolute Gasteiger partial charge is 0.508 e. The lowest BCUT2D eigenvalue weighted by Crippen LogP contribution is -1.92. The van der Waals surface area contributed by atoms with Crippen molar-refractivity contribution < 1.29 is 24.5 Å². The minimum absolute atomic E-state index is 0. The molecule has 0 unspecified atom stereocenters. The van der Waals surface area contributed by atoms with Crippen molar-refractivity contribution in [2.75, 3.05) is 7.11 Å². The molecule has 0 amide bonds. The van der Waals surface area contributed by atoms with Crippen LogP contribution in [0.1, 0.15) is 42.0 Å². The van der Waals surface area contributed by atoms with Crippen LogP contribution in [0, 0.1) is 0 Å². The third-order valence-corrected chi connectivity index (χ3v) is 2.84. The van der Waals surface area contributed by atoms with Crippen LogP contribution in [-0.4, -0.2) is 37.3 Å². The number of carbonyl (C=O) groups is 2. The third-order valence-electron chi connectivity index (χ3n) is 2.84. The van der Waals surface area contributed by atoms with Gasteiger partial charge in [0.05, 0.1) is 7.11 Å². The number of hydrogen-bond donors (Lipinski definition) is 2. The number of ether oxygens (including phenoxy) is 1. The number of phenolic OH excluding ortho intramolecular Hbond substituents is 2. The van der Waals surface area contributed by atoms with Crippen molar-refractivity contribution in [2.45, 2.75) is 21.3 Å². The van der Waals surface area contributed by atoms with Crippen molar-refractivity contribution in [1.82, 2.24) is 0 Å². The molecule has 0 aliphatic rings. The van der Waals surface area contributed by atoms with E-state index in [1.165, 1.54) is 45.2 Å². The van der Waals surface area contributed by atoms with Crippen molar-refractivity contribution in [3.63, 3.8) is 0 Å². The van der Waals surface area contributed by atoms with Crippen LogP contribution in [0.2, 0.25) is 0 Å².